The molecule has 0 saturated carbocycles. The van der Waals surface area contributed by atoms with Crippen molar-refractivity contribution in [1.82, 2.24) is 19.4 Å². The van der Waals surface area contributed by atoms with Crippen molar-refractivity contribution in [3.63, 3.8) is 0 Å². The van der Waals surface area contributed by atoms with E-state index in [1.54, 1.807) is 25.5 Å². The summed E-state index contributed by atoms with van der Waals surface area (Å²) in [5.41, 5.74) is 0.594. The van der Waals surface area contributed by atoms with Crippen molar-refractivity contribution in [3.8, 4) is 0 Å². The van der Waals surface area contributed by atoms with Crippen LogP contribution in [-0.4, -0.2) is 50.8 Å². The predicted octanol–water partition coefficient (Wildman–Crippen LogP) is 1.68. The van der Waals surface area contributed by atoms with Gasteiger partial charge in [0.25, 0.3) is 5.91 Å². The fourth-order valence-corrected chi connectivity index (χ4v) is 3.80. The number of furan rings is 1. The second-order valence-corrected chi connectivity index (χ2v) is 6.88. The lowest BCUT2D eigenvalue weighted by molar-refractivity contribution is -0.128. The molecule has 1 atom stereocenters. The molecule has 0 spiro atoms. The molecule has 2 aromatic rings. The molecule has 7 heteroatoms. The van der Waals surface area contributed by atoms with Crippen LogP contribution in [0.25, 0.3) is 0 Å². The van der Waals surface area contributed by atoms with Crippen molar-refractivity contribution >= 4 is 11.8 Å². The summed E-state index contributed by atoms with van der Waals surface area (Å²) in [5.74, 6) is 1.88. The Morgan fingerprint density at radius 2 is 2.28 bits per heavy atom. The first kappa shape index (κ1) is 15.9. The van der Waals surface area contributed by atoms with E-state index in [4.69, 9.17) is 4.42 Å². The Bertz CT molecular complexity index is 794. The normalized spacial score (nSPS) is 20.7. The number of carbonyl (C=O) groups is 2. The highest BCUT2D eigenvalue weighted by molar-refractivity contribution is 5.95. The highest BCUT2D eigenvalue weighted by Crippen LogP contribution is 2.22. The van der Waals surface area contributed by atoms with Gasteiger partial charge < -0.3 is 18.8 Å². The van der Waals surface area contributed by atoms with E-state index in [0.29, 0.717) is 37.4 Å². The Balaban J connectivity index is 1.58. The Hall–Kier alpha value is -2.57. The largest absolute Gasteiger partial charge is 0.469 e. The lowest BCUT2D eigenvalue weighted by atomic mass is 10.1. The minimum Gasteiger partial charge on any atom is -0.469 e. The van der Waals surface area contributed by atoms with Crippen LogP contribution in [0.5, 0.6) is 0 Å². The number of rotatable bonds is 3. The van der Waals surface area contributed by atoms with Gasteiger partial charge in [-0.2, -0.15) is 0 Å². The number of aromatic nitrogens is 2. The third kappa shape index (κ3) is 3.06. The summed E-state index contributed by atoms with van der Waals surface area (Å²) in [6.07, 6.45) is 6.83. The first-order valence-corrected chi connectivity index (χ1v) is 8.73. The fourth-order valence-electron chi connectivity index (χ4n) is 3.80. The number of amides is 2. The van der Waals surface area contributed by atoms with Crippen LogP contribution in [0, 0.1) is 12.8 Å². The molecular formula is C18H22N4O3. The summed E-state index contributed by atoms with van der Waals surface area (Å²) in [4.78, 5) is 33.1. The molecule has 4 rings (SSSR count). The first-order valence-electron chi connectivity index (χ1n) is 8.73. The van der Waals surface area contributed by atoms with Gasteiger partial charge in [0.1, 0.15) is 11.6 Å². The molecule has 2 aliphatic heterocycles. The van der Waals surface area contributed by atoms with Crippen molar-refractivity contribution in [1.29, 1.82) is 0 Å². The number of fused-ring (bicyclic) bond motifs is 1. The predicted molar refractivity (Wildman–Crippen MR) is 89.7 cm³/mol. The zero-order valence-corrected chi connectivity index (χ0v) is 14.4. The van der Waals surface area contributed by atoms with Gasteiger partial charge in [0, 0.05) is 50.9 Å². The topological polar surface area (TPSA) is 71.6 Å². The summed E-state index contributed by atoms with van der Waals surface area (Å²) >= 11 is 0. The van der Waals surface area contributed by atoms with Gasteiger partial charge in [-0.05, 0) is 19.4 Å². The smallest absolute Gasteiger partial charge is 0.257 e. The molecule has 25 heavy (non-hydrogen) atoms. The number of likely N-dealkylation sites (tertiary alicyclic amines) is 1. The highest BCUT2D eigenvalue weighted by Gasteiger charge is 2.30. The third-order valence-corrected chi connectivity index (χ3v) is 5.09. The minimum absolute atomic E-state index is 0.0413. The van der Waals surface area contributed by atoms with Crippen LogP contribution < -0.4 is 0 Å². The third-order valence-electron chi connectivity index (χ3n) is 5.09. The molecule has 4 heterocycles. The maximum atomic E-state index is 13.0. The average molecular weight is 342 g/mol. The average Bonchev–Trinajstić information content (AvgIpc) is 3.28. The van der Waals surface area contributed by atoms with Gasteiger partial charge in [-0.15, -0.1) is 0 Å². The number of imidazole rings is 1. The quantitative estimate of drug-likeness (QED) is 0.851. The fraction of sp³-hybridized carbons (Fsp3) is 0.500. The van der Waals surface area contributed by atoms with Crippen LogP contribution in [0.1, 0.15) is 34.8 Å². The Morgan fingerprint density at radius 3 is 3.00 bits per heavy atom. The summed E-state index contributed by atoms with van der Waals surface area (Å²) < 4.78 is 7.39. The molecule has 2 aliphatic rings. The summed E-state index contributed by atoms with van der Waals surface area (Å²) in [6.45, 7) is 5.16. The molecule has 0 aliphatic carbocycles. The standard InChI is InChI=1S/C18H22N4O3/c1-13-15(4-8-25-13)18(24)22-11-14(10-21-6-2-3-17(21)23)9-20-7-5-19-16(20)12-22/h4-5,7-8,14H,2-3,6,9-12H2,1H3. The molecule has 0 aromatic carbocycles. The lowest BCUT2D eigenvalue weighted by Gasteiger charge is -2.27. The molecular weight excluding hydrogens is 320 g/mol. The van der Waals surface area contributed by atoms with E-state index in [9.17, 15) is 9.59 Å². The van der Waals surface area contributed by atoms with Crippen molar-refractivity contribution in [2.24, 2.45) is 5.92 Å². The van der Waals surface area contributed by atoms with Crippen LogP contribution in [0.4, 0.5) is 0 Å². The maximum absolute atomic E-state index is 13.0. The monoisotopic (exact) mass is 342 g/mol. The Morgan fingerprint density at radius 1 is 1.40 bits per heavy atom. The Labute approximate surface area is 146 Å². The van der Waals surface area contributed by atoms with E-state index < -0.39 is 0 Å². The number of carbonyl (C=O) groups excluding carboxylic acids is 2. The minimum atomic E-state index is -0.0413. The van der Waals surface area contributed by atoms with Gasteiger partial charge in [0.15, 0.2) is 0 Å². The molecule has 2 aromatic heterocycles. The van der Waals surface area contributed by atoms with Crippen LogP contribution >= 0.6 is 0 Å². The van der Waals surface area contributed by atoms with E-state index in [0.717, 1.165) is 25.3 Å². The van der Waals surface area contributed by atoms with E-state index in [1.807, 2.05) is 16.0 Å². The number of aryl methyl sites for hydroxylation is 1. The maximum Gasteiger partial charge on any atom is 0.257 e. The van der Waals surface area contributed by atoms with E-state index in [1.165, 1.54) is 0 Å². The second-order valence-electron chi connectivity index (χ2n) is 6.88. The van der Waals surface area contributed by atoms with E-state index in [2.05, 4.69) is 9.55 Å². The van der Waals surface area contributed by atoms with Crippen LogP contribution in [0.2, 0.25) is 0 Å². The van der Waals surface area contributed by atoms with Crippen molar-refractivity contribution in [3.05, 3.63) is 41.9 Å². The van der Waals surface area contributed by atoms with Crippen LogP contribution in [0.3, 0.4) is 0 Å². The Kier molecular flexibility index (Phi) is 4.07. The van der Waals surface area contributed by atoms with Gasteiger partial charge >= 0.3 is 0 Å². The van der Waals surface area contributed by atoms with Gasteiger partial charge in [-0.25, -0.2) is 4.98 Å². The molecule has 1 fully saturated rings. The van der Waals surface area contributed by atoms with Crippen molar-refractivity contribution in [2.45, 2.75) is 32.9 Å². The molecule has 0 N–H and O–H groups in total. The summed E-state index contributed by atoms with van der Waals surface area (Å²) in [7, 11) is 0. The summed E-state index contributed by atoms with van der Waals surface area (Å²) in [6, 6.07) is 1.72. The van der Waals surface area contributed by atoms with E-state index >= 15 is 0 Å². The van der Waals surface area contributed by atoms with Crippen LogP contribution in [-0.2, 0) is 17.9 Å². The van der Waals surface area contributed by atoms with Crippen molar-refractivity contribution < 1.29 is 14.0 Å². The zero-order valence-electron chi connectivity index (χ0n) is 14.4. The SMILES string of the molecule is Cc1occc1C(=O)N1Cc2nccn2CC(CN2CCCC2=O)C1. The number of nitrogens with zero attached hydrogens (tertiary/aromatic N) is 4. The van der Waals surface area contributed by atoms with Gasteiger partial charge in [-0.3, -0.25) is 9.59 Å². The molecule has 0 radical (unpaired) electrons. The molecule has 1 unspecified atom stereocenters. The number of hydrogen-bond acceptors (Lipinski definition) is 4. The van der Waals surface area contributed by atoms with Gasteiger partial charge in [0.2, 0.25) is 5.91 Å². The lowest BCUT2D eigenvalue weighted by Crippen LogP contribution is -2.39. The molecule has 1 saturated heterocycles. The van der Waals surface area contributed by atoms with E-state index in [-0.39, 0.29) is 17.7 Å². The molecule has 2 amide bonds. The van der Waals surface area contributed by atoms with Gasteiger partial charge in [-0.1, -0.05) is 0 Å². The molecule has 7 nitrogen and oxygen atoms in total. The second kappa shape index (κ2) is 6.38. The number of hydrogen-bond donors (Lipinski definition) is 0. The highest BCUT2D eigenvalue weighted by atomic mass is 16.3. The molecule has 132 valence electrons. The van der Waals surface area contributed by atoms with Gasteiger partial charge in [0.05, 0.1) is 18.4 Å². The summed E-state index contributed by atoms with van der Waals surface area (Å²) in [5, 5.41) is 0. The van der Waals surface area contributed by atoms with Crippen molar-refractivity contribution in [2.75, 3.05) is 19.6 Å². The zero-order chi connectivity index (χ0) is 17.4. The molecule has 0 bridgehead atoms. The first-order chi connectivity index (χ1) is 12.1. The van der Waals surface area contributed by atoms with Crippen LogP contribution in [0.15, 0.2) is 29.1 Å².